The average Bonchev–Trinajstić information content (AvgIpc) is 2.73. The summed E-state index contributed by atoms with van der Waals surface area (Å²) in [4.78, 5) is 12.1. The second-order valence-corrected chi connectivity index (χ2v) is 5.43. The number of hydrogen-bond acceptors (Lipinski definition) is 3. The summed E-state index contributed by atoms with van der Waals surface area (Å²) in [5.74, 6) is -0.797. The number of aliphatic hydroxyl groups is 1. The van der Waals surface area contributed by atoms with Gasteiger partial charge in [-0.25, -0.2) is 4.39 Å². The number of aryl methyl sites for hydroxylation is 1. The molecule has 3 rings (SSSR count). The van der Waals surface area contributed by atoms with Crippen LogP contribution in [-0.2, 0) is 0 Å². The standard InChI is InChI=1S/C15H16FNO3/c1-9-10-4-2-5-11(16)13(10)20-12(9)14(18)17-8-15(19)6-3-7-15/h2,4-5,19H,3,6-8H2,1H3,(H,17,18). The number of benzene rings is 1. The van der Waals surface area contributed by atoms with Crippen LogP contribution >= 0.6 is 0 Å². The molecule has 106 valence electrons. The van der Waals surface area contributed by atoms with E-state index in [0.717, 1.165) is 6.42 Å². The van der Waals surface area contributed by atoms with Crippen molar-refractivity contribution in [3.8, 4) is 0 Å². The van der Waals surface area contributed by atoms with Gasteiger partial charge in [0, 0.05) is 17.5 Å². The molecule has 4 nitrogen and oxygen atoms in total. The van der Waals surface area contributed by atoms with Crippen molar-refractivity contribution in [1.29, 1.82) is 0 Å². The van der Waals surface area contributed by atoms with Crippen molar-refractivity contribution in [3.63, 3.8) is 0 Å². The third kappa shape index (κ3) is 2.08. The van der Waals surface area contributed by atoms with E-state index in [-0.39, 0.29) is 17.9 Å². The summed E-state index contributed by atoms with van der Waals surface area (Å²) in [6.45, 7) is 1.92. The van der Waals surface area contributed by atoms with E-state index in [9.17, 15) is 14.3 Å². The minimum absolute atomic E-state index is 0.0949. The van der Waals surface area contributed by atoms with Gasteiger partial charge in [0.2, 0.25) is 0 Å². The van der Waals surface area contributed by atoms with Crippen LogP contribution < -0.4 is 5.32 Å². The summed E-state index contributed by atoms with van der Waals surface area (Å²) < 4.78 is 19.0. The summed E-state index contributed by atoms with van der Waals surface area (Å²) in [5.41, 5.74) is -0.0870. The highest BCUT2D eigenvalue weighted by molar-refractivity contribution is 5.99. The third-order valence-corrected chi connectivity index (χ3v) is 3.98. The third-order valence-electron chi connectivity index (χ3n) is 3.98. The van der Waals surface area contributed by atoms with Crippen molar-refractivity contribution < 1.29 is 18.7 Å². The lowest BCUT2D eigenvalue weighted by Crippen LogP contribution is -2.47. The highest BCUT2D eigenvalue weighted by atomic mass is 19.1. The minimum atomic E-state index is -0.791. The van der Waals surface area contributed by atoms with Crippen LogP contribution in [0.3, 0.4) is 0 Å². The Morgan fingerprint density at radius 1 is 1.50 bits per heavy atom. The van der Waals surface area contributed by atoms with Crippen LogP contribution in [0, 0.1) is 12.7 Å². The molecular formula is C15H16FNO3. The molecule has 2 aromatic rings. The predicted octanol–water partition coefficient (Wildman–Crippen LogP) is 2.53. The maximum absolute atomic E-state index is 13.6. The lowest BCUT2D eigenvalue weighted by atomic mass is 9.80. The van der Waals surface area contributed by atoms with Gasteiger partial charge in [0.05, 0.1) is 5.60 Å². The molecule has 1 aromatic heterocycles. The first-order chi connectivity index (χ1) is 9.50. The Kier molecular flexibility index (Phi) is 3.01. The fourth-order valence-electron chi connectivity index (χ4n) is 2.51. The summed E-state index contributed by atoms with van der Waals surface area (Å²) in [6, 6.07) is 4.59. The van der Waals surface area contributed by atoms with Gasteiger partial charge in [-0.3, -0.25) is 4.79 Å². The number of para-hydroxylation sites is 1. The lowest BCUT2D eigenvalue weighted by Gasteiger charge is -2.36. The SMILES string of the molecule is Cc1c(C(=O)NCC2(O)CCC2)oc2c(F)cccc12. The van der Waals surface area contributed by atoms with Crippen LogP contribution in [0.2, 0.25) is 0 Å². The van der Waals surface area contributed by atoms with E-state index < -0.39 is 17.3 Å². The Bertz CT molecular complexity index is 673. The maximum atomic E-state index is 13.6. The molecule has 0 aliphatic heterocycles. The van der Waals surface area contributed by atoms with Gasteiger partial charge in [0.1, 0.15) is 0 Å². The van der Waals surface area contributed by atoms with Gasteiger partial charge in [-0.1, -0.05) is 12.1 Å². The number of rotatable bonds is 3. The lowest BCUT2D eigenvalue weighted by molar-refractivity contribution is -0.0301. The molecule has 0 bridgehead atoms. The normalized spacial score (nSPS) is 16.9. The van der Waals surface area contributed by atoms with E-state index >= 15 is 0 Å². The van der Waals surface area contributed by atoms with Crippen LogP contribution in [0.25, 0.3) is 11.0 Å². The number of nitrogens with one attached hydrogen (secondary N) is 1. The van der Waals surface area contributed by atoms with Gasteiger partial charge in [-0.05, 0) is 32.3 Å². The molecule has 1 fully saturated rings. The number of halogens is 1. The van der Waals surface area contributed by atoms with Gasteiger partial charge < -0.3 is 14.8 Å². The first-order valence-corrected chi connectivity index (χ1v) is 6.68. The van der Waals surface area contributed by atoms with Gasteiger partial charge >= 0.3 is 0 Å². The van der Waals surface area contributed by atoms with Gasteiger partial charge in [-0.15, -0.1) is 0 Å². The first kappa shape index (κ1) is 13.1. The topological polar surface area (TPSA) is 62.5 Å². The molecule has 0 spiro atoms. The fourth-order valence-corrected chi connectivity index (χ4v) is 2.51. The van der Waals surface area contributed by atoms with E-state index in [4.69, 9.17) is 4.42 Å². The molecule has 1 aliphatic rings. The van der Waals surface area contributed by atoms with Crippen molar-refractivity contribution in [1.82, 2.24) is 5.32 Å². The molecule has 1 saturated carbocycles. The Balaban J connectivity index is 1.84. The second kappa shape index (κ2) is 4.59. The molecule has 0 unspecified atom stereocenters. The molecule has 2 N–H and O–H groups in total. The molecule has 0 radical (unpaired) electrons. The van der Waals surface area contributed by atoms with E-state index in [2.05, 4.69) is 5.32 Å². The van der Waals surface area contributed by atoms with Crippen LogP contribution in [0.5, 0.6) is 0 Å². The Labute approximate surface area is 115 Å². The molecule has 5 heteroatoms. The molecule has 1 aliphatic carbocycles. The van der Waals surface area contributed by atoms with Crippen LogP contribution in [0.1, 0.15) is 35.4 Å². The zero-order chi connectivity index (χ0) is 14.3. The monoisotopic (exact) mass is 277 g/mol. The Morgan fingerprint density at radius 3 is 2.85 bits per heavy atom. The number of carbonyl (C=O) groups is 1. The molecule has 1 heterocycles. The average molecular weight is 277 g/mol. The van der Waals surface area contributed by atoms with Gasteiger partial charge in [0.25, 0.3) is 5.91 Å². The Morgan fingerprint density at radius 2 is 2.25 bits per heavy atom. The summed E-state index contributed by atoms with van der Waals surface area (Å²) in [7, 11) is 0. The van der Waals surface area contributed by atoms with E-state index in [1.807, 2.05) is 0 Å². The molecule has 1 aromatic carbocycles. The van der Waals surface area contributed by atoms with Crippen molar-refractivity contribution in [2.24, 2.45) is 0 Å². The molecule has 0 saturated heterocycles. The highest BCUT2D eigenvalue weighted by Crippen LogP contribution is 2.31. The van der Waals surface area contributed by atoms with Gasteiger partial charge in [-0.2, -0.15) is 0 Å². The maximum Gasteiger partial charge on any atom is 0.287 e. The molecule has 0 atom stereocenters. The molecular weight excluding hydrogens is 261 g/mol. The Hall–Kier alpha value is -1.88. The predicted molar refractivity (Wildman–Crippen MR) is 72.0 cm³/mol. The number of fused-ring (bicyclic) bond motifs is 1. The summed E-state index contributed by atoms with van der Waals surface area (Å²) >= 11 is 0. The number of furan rings is 1. The number of hydrogen-bond donors (Lipinski definition) is 2. The van der Waals surface area contributed by atoms with Crippen LogP contribution in [-0.4, -0.2) is 23.2 Å². The van der Waals surface area contributed by atoms with E-state index in [0.29, 0.717) is 23.8 Å². The number of carbonyl (C=O) groups excluding carboxylic acids is 1. The summed E-state index contributed by atoms with van der Waals surface area (Å²) in [5, 5.41) is 13.2. The van der Waals surface area contributed by atoms with Crippen molar-refractivity contribution in [2.45, 2.75) is 31.8 Å². The zero-order valence-corrected chi connectivity index (χ0v) is 11.2. The van der Waals surface area contributed by atoms with Crippen molar-refractivity contribution in [3.05, 3.63) is 35.3 Å². The molecule has 1 amide bonds. The van der Waals surface area contributed by atoms with E-state index in [1.165, 1.54) is 6.07 Å². The largest absolute Gasteiger partial charge is 0.448 e. The summed E-state index contributed by atoms with van der Waals surface area (Å²) in [6.07, 6.45) is 2.36. The van der Waals surface area contributed by atoms with Gasteiger partial charge in [0.15, 0.2) is 17.2 Å². The van der Waals surface area contributed by atoms with Crippen LogP contribution in [0.4, 0.5) is 4.39 Å². The van der Waals surface area contributed by atoms with E-state index in [1.54, 1.807) is 19.1 Å². The quantitative estimate of drug-likeness (QED) is 0.906. The fraction of sp³-hybridized carbons (Fsp3) is 0.400. The van der Waals surface area contributed by atoms with Crippen molar-refractivity contribution >= 4 is 16.9 Å². The first-order valence-electron chi connectivity index (χ1n) is 6.68. The smallest absolute Gasteiger partial charge is 0.287 e. The number of amides is 1. The zero-order valence-electron chi connectivity index (χ0n) is 11.2. The molecule has 20 heavy (non-hydrogen) atoms. The van der Waals surface area contributed by atoms with Crippen LogP contribution in [0.15, 0.2) is 22.6 Å². The minimum Gasteiger partial charge on any atom is -0.448 e. The highest BCUT2D eigenvalue weighted by Gasteiger charge is 2.35. The second-order valence-electron chi connectivity index (χ2n) is 5.43. The van der Waals surface area contributed by atoms with Crippen molar-refractivity contribution in [2.75, 3.05) is 6.54 Å².